The lowest BCUT2D eigenvalue weighted by Gasteiger charge is -2.29. The number of fused-ring (bicyclic) bond motifs is 1. The number of para-hydroxylation sites is 4. The second kappa shape index (κ2) is 8.06. The molecule has 1 heterocycles. The number of amides is 2. The highest BCUT2D eigenvalue weighted by Crippen LogP contribution is 2.32. The number of rotatable bonds is 5. The lowest BCUT2D eigenvalue weighted by Crippen LogP contribution is -2.38. The average Bonchev–Trinajstić information content (AvgIpc) is 2.76. The molecule has 0 saturated heterocycles. The van der Waals surface area contributed by atoms with Gasteiger partial charge >= 0.3 is 0 Å². The maximum atomic E-state index is 12.6. The number of ether oxygens (including phenoxy) is 2. The monoisotopic (exact) mass is 388 g/mol. The molecule has 1 aliphatic rings. The smallest absolute Gasteiger partial charge is 0.265 e. The molecule has 0 unspecified atom stereocenters. The quantitative estimate of drug-likeness (QED) is 0.720. The van der Waals surface area contributed by atoms with E-state index in [2.05, 4.69) is 5.32 Å². The van der Waals surface area contributed by atoms with E-state index in [0.717, 1.165) is 11.3 Å². The van der Waals surface area contributed by atoms with Crippen LogP contribution in [0.4, 0.5) is 11.4 Å². The van der Waals surface area contributed by atoms with Crippen molar-refractivity contribution in [3.63, 3.8) is 0 Å². The first kappa shape index (κ1) is 18.6. The van der Waals surface area contributed by atoms with Crippen LogP contribution in [0.1, 0.15) is 15.9 Å². The molecule has 0 fully saturated rings. The highest BCUT2D eigenvalue weighted by Gasteiger charge is 2.25. The van der Waals surface area contributed by atoms with Gasteiger partial charge in [-0.2, -0.15) is 0 Å². The van der Waals surface area contributed by atoms with Gasteiger partial charge in [-0.15, -0.1) is 0 Å². The van der Waals surface area contributed by atoms with E-state index < -0.39 is 0 Å². The standard InChI is InChI=1S/C23H20N2O4/c1-28-20-8-4-2-6-18(20)24-23(27)17-12-10-16(11-13-17)14-25-19-7-3-5-9-21(19)29-15-22(25)26/h2-13H,14-15H2,1H3,(H,24,27). The molecule has 6 heteroatoms. The first-order valence-electron chi connectivity index (χ1n) is 9.21. The zero-order valence-corrected chi connectivity index (χ0v) is 15.9. The molecule has 0 radical (unpaired) electrons. The van der Waals surface area contributed by atoms with Crippen molar-refractivity contribution in [2.24, 2.45) is 0 Å². The highest BCUT2D eigenvalue weighted by atomic mass is 16.5. The zero-order valence-electron chi connectivity index (χ0n) is 15.9. The van der Waals surface area contributed by atoms with Gasteiger partial charge in [-0.3, -0.25) is 9.59 Å². The molecular formula is C23H20N2O4. The van der Waals surface area contributed by atoms with Crippen molar-refractivity contribution in [3.8, 4) is 11.5 Å². The van der Waals surface area contributed by atoms with Gasteiger partial charge in [0.25, 0.3) is 11.8 Å². The van der Waals surface area contributed by atoms with Gasteiger partial charge in [-0.05, 0) is 42.0 Å². The molecule has 0 atom stereocenters. The fourth-order valence-corrected chi connectivity index (χ4v) is 3.21. The van der Waals surface area contributed by atoms with Gasteiger partial charge in [0, 0.05) is 5.56 Å². The predicted molar refractivity (Wildman–Crippen MR) is 111 cm³/mol. The van der Waals surface area contributed by atoms with E-state index in [0.29, 0.717) is 29.3 Å². The van der Waals surface area contributed by atoms with Crippen molar-refractivity contribution < 1.29 is 19.1 Å². The third kappa shape index (κ3) is 3.91. The maximum absolute atomic E-state index is 12.6. The number of nitrogens with one attached hydrogen (secondary N) is 1. The van der Waals surface area contributed by atoms with Gasteiger partial charge in [-0.25, -0.2) is 0 Å². The Morgan fingerprint density at radius 1 is 1.03 bits per heavy atom. The van der Waals surface area contributed by atoms with Gasteiger partial charge in [0.2, 0.25) is 0 Å². The molecule has 29 heavy (non-hydrogen) atoms. The first-order valence-corrected chi connectivity index (χ1v) is 9.21. The molecule has 0 aliphatic carbocycles. The SMILES string of the molecule is COc1ccccc1NC(=O)c1ccc(CN2C(=O)COc3ccccc32)cc1. The molecule has 1 aliphatic heterocycles. The number of benzene rings is 3. The average molecular weight is 388 g/mol. The van der Waals surface area contributed by atoms with Crippen LogP contribution >= 0.6 is 0 Å². The summed E-state index contributed by atoms with van der Waals surface area (Å²) in [5, 5.41) is 2.85. The molecular weight excluding hydrogens is 368 g/mol. The summed E-state index contributed by atoms with van der Waals surface area (Å²) in [6.45, 7) is 0.435. The number of hydrogen-bond acceptors (Lipinski definition) is 4. The Morgan fingerprint density at radius 3 is 2.55 bits per heavy atom. The number of hydrogen-bond donors (Lipinski definition) is 1. The number of carbonyl (C=O) groups excluding carboxylic acids is 2. The molecule has 6 nitrogen and oxygen atoms in total. The van der Waals surface area contributed by atoms with Gasteiger partial charge < -0.3 is 19.7 Å². The second-order valence-corrected chi connectivity index (χ2v) is 6.59. The predicted octanol–water partition coefficient (Wildman–Crippen LogP) is 3.87. The Kier molecular flexibility index (Phi) is 5.16. The van der Waals surface area contributed by atoms with Crippen molar-refractivity contribution in [2.45, 2.75) is 6.54 Å². The number of anilines is 2. The van der Waals surface area contributed by atoms with Crippen LogP contribution in [0.3, 0.4) is 0 Å². The zero-order chi connectivity index (χ0) is 20.2. The number of methoxy groups -OCH3 is 1. The normalized spacial score (nSPS) is 12.7. The Morgan fingerprint density at radius 2 is 1.76 bits per heavy atom. The van der Waals surface area contributed by atoms with Crippen molar-refractivity contribution >= 4 is 23.2 Å². The lowest BCUT2D eigenvalue weighted by atomic mass is 10.1. The molecule has 4 rings (SSSR count). The van der Waals surface area contributed by atoms with Crippen LogP contribution in [0, 0.1) is 0 Å². The molecule has 0 aromatic heterocycles. The third-order valence-electron chi connectivity index (χ3n) is 4.72. The summed E-state index contributed by atoms with van der Waals surface area (Å²) in [5.74, 6) is 0.970. The van der Waals surface area contributed by atoms with Crippen LogP contribution < -0.4 is 19.7 Å². The van der Waals surface area contributed by atoms with Crippen LogP contribution in [-0.2, 0) is 11.3 Å². The van der Waals surface area contributed by atoms with E-state index in [-0.39, 0.29) is 18.4 Å². The summed E-state index contributed by atoms with van der Waals surface area (Å²) in [4.78, 5) is 26.6. The van der Waals surface area contributed by atoms with Crippen LogP contribution in [-0.4, -0.2) is 25.5 Å². The van der Waals surface area contributed by atoms with E-state index >= 15 is 0 Å². The molecule has 146 valence electrons. The van der Waals surface area contributed by atoms with Crippen LogP contribution in [0.5, 0.6) is 11.5 Å². The number of nitrogens with zero attached hydrogens (tertiary/aromatic N) is 1. The minimum atomic E-state index is -0.228. The van der Waals surface area contributed by atoms with Gasteiger partial charge in [-0.1, -0.05) is 36.4 Å². The summed E-state index contributed by atoms with van der Waals surface area (Å²) >= 11 is 0. The Labute approximate surface area is 168 Å². The molecule has 3 aromatic carbocycles. The Bertz CT molecular complexity index is 1050. The van der Waals surface area contributed by atoms with E-state index in [4.69, 9.17) is 9.47 Å². The minimum Gasteiger partial charge on any atom is -0.495 e. The number of carbonyl (C=O) groups is 2. The van der Waals surface area contributed by atoms with E-state index in [9.17, 15) is 9.59 Å². The Hall–Kier alpha value is -3.80. The molecule has 1 N–H and O–H groups in total. The first-order chi connectivity index (χ1) is 14.2. The summed E-state index contributed by atoms with van der Waals surface area (Å²) in [7, 11) is 1.56. The summed E-state index contributed by atoms with van der Waals surface area (Å²) in [5.41, 5.74) is 2.80. The summed E-state index contributed by atoms with van der Waals surface area (Å²) in [6.07, 6.45) is 0. The molecule has 0 bridgehead atoms. The van der Waals surface area contributed by atoms with Crippen molar-refractivity contribution in [2.75, 3.05) is 23.9 Å². The highest BCUT2D eigenvalue weighted by molar-refractivity contribution is 6.05. The van der Waals surface area contributed by atoms with Crippen molar-refractivity contribution in [3.05, 3.63) is 83.9 Å². The maximum Gasteiger partial charge on any atom is 0.265 e. The van der Waals surface area contributed by atoms with Gasteiger partial charge in [0.15, 0.2) is 6.61 Å². The molecule has 2 amide bonds. The molecule has 0 saturated carbocycles. The van der Waals surface area contributed by atoms with E-state index in [1.165, 1.54) is 0 Å². The fourth-order valence-electron chi connectivity index (χ4n) is 3.21. The van der Waals surface area contributed by atoms with Gasteiger partial charge in [0.05, 0.1) is 25.0 Å². The van der Waals surface area contributed by atoms with Crippen molar-refractivity contribution in [1.29, 1.82) is 0 Å². The lowest BCUT2D eigenvalue weighted by molar-refractivity contribution is -0.121. The van der Waals surface area contributed by atoms with Crippen LogP contribution in [0.25, 0.3) is 0 Å². The summed E-state index contributed by atoms with van der Waals surface area (Å²) < 4.78 is 10.7. The molecule has 3 aromatic rings. The fraction of sp³-hybridized carbons (Fsp3) is 0.130. The van der Waals surface area contributed by atoms with E-state index in [1.54, 1.807) is 36.3 Å². The molecule has 0 spiro atoms. The topological polar surface area (TPSA) is 67.9 Å². The second-order valence-electron chi connectivity index (χ2n) is 6.59. The largest absolute Gasteiger partial charge is 0.495 e. The van der Waals surface area contributed by atoms with E-state index in [1.807, 2.05) is 48.5 Å². The van der Waals surface area contributed by atoms with Crippen LogP contribution in [0.2, 0.25) is 0 Å². The van der Waals surface area contributed by atoms with Crippen LogP contribution in [0.15, 0.2) is 72.8 Å². The van der Waals surface area contributed by atoms with Gasteiger partial charge in [0.1, 0.15) is 11.5 Å². The van der Waals surface area contributed by atoms with Crippen molar-refractivity contribution in [1.82, 2.24) is 0 Å². The third-order valence-corrected chi connectivity index (χ3v) is 4.72. The minimum absolute atomic E-state index is 0.0242. The summed E-state index contributed by atoms with van der Waals surface area (Å²) in [6, 6.07) is 21.9. The Balaban J connectivity index is 1.48.